The van der Waals surface area contributed by atoms with E-state index in [1.807, 2.05) is 81.1 Å². The second-order valence-electron chi connectivity index (χ2n) is 9.40. The van der Waals surface area contributed by atoms with E-state index in [4.69, 9.17) is 18.8 Å². The summed E-state index contributed by atoms with van der Waals surface area (Å²) in [6.07, 6.45) is 0.261. The van der Waals surface area contributed by atoms with Crippen LogP contribution in [0.1, 0.15) is 38.8 Å². The van der Waals surface area contributed by atoms with E-state index in [0.717, 1.165) is 16.6 Å². The number of hydrogen-bond donors (Lipinski definition) is 0. The number of hydrogen-bond acceptors (Lipinski definition) is 5. The van der Waals surface area contributed by atoms with Crippen molar-refractivity contribution in [2.24, 2.45) is 0 Å². The van der Waals surface area contributed by atoms with E-state index in [2.05, 4.69) is 0 Å². The SMILES string of the molecule is CC1(C)OB(c2ccc(OCc3ccccc3)c(CC(=O)N3CCOCC3)c2)OC1(C)C. The van der Waals surface area contributed by atoms with Gasteiger partial charge < -0.3 is 23.7 Å². The highest BCUT2D eigenvalue weighted by atomic mass is 16.7. The maximum absolute atomic E-state index is 13.0. The number of morpholine rings is 1. The van der Waals surface area contributed by atoms with E-state index in [-0.39, 0.29) is 12.3 Å². The molecule has 2 aliphatic rings. The molecule has 2 aliphatic heterocycles. The van der Waals surface area contributed by atoms with Crippen LogP contribution < -0.4 is 10.2 Å². The maximum Gasteiger partial charge on any atom is 0.494 e. The molecule has 2 fully saturated rings. The van der Waals surface area contributed by atoms with Crippen LogP contribution in [0.2, 0.25) is 0 Å². The Balaban J connectivity index is 1.57. The largest absolute Gasteiger partial charge is 0.494 e. The lowest BCUT2D eigenvalue weighted by molar-refractivity contribution is -0.134. The highest BCUT2D eigenvalue weighted by Gasteiger charge is 2.51. The molecular weight excluding hydrogens is 405 g/mol. The van der Waals surface area contributed by atoms with Gasteiger partial charge in [0.05, 0.1) is 30.8 Å². The van der Waals surface area contributed by atoms with Crippen LogP contribution in [0.15, 0.2) is 48.5 Å². The number of nitrogens with zero attached hydrogens (tertiary/aromatic N) is 1. The predicted octanol–water partition coefficient (Wildman–Crippen LogP) is 2.97. The molecule has 0 N–H and O–H groups in total. The fourth-order valence-electron chi connectivity index (χ4n) is 3.83. The molecule has 0 aromatic heterocycles. The molecule has 2 heterocycles. The van der Waals surface area contributed by atoms with Gasteiger partial charge in [-0.1, -0.05) is 42.5 Å². The first-order valence-corrected chi connectivity index (χ1v) is 11.3. The Morgan fingerprint density at radius 2 is 1.66 bits per heavy atom. The minimum Gasteiger partial charge on any atom is -0.489 e. The van der Waals surface area contributed by atoms with Crippen LogP contribution in [0.25, 0.3) is 0 Å². The van der Waals surface area contributed by atoms with E-state index in [1.54, 1.807) is 0 Å². The molecule has 1 amide bonds. The number of amides is 1. The number of rotatable bonds is 6. The normalized spacial score (nSPS) is 19.8. The molecule has 0 atom stereocenters. The highest BCUT2D eigenvalue weighted by molar-refractivity contribution is 6.62. The van der Waals surface area contributed by atoms with Crippen LogP contribution in [-0.4, -0.2) is 55.4 Å². The third-order valence-electron chi connectivity index (χ3n) is 6.55. The van der Waals surface area contributed by atoms with Gasteiger partial charge in [-0.2, -0.15) is 0 Å². The first-order chi connectivity index (χ1) is 15.2. The summed E-state index contributed by atoms with van der Waals surface area (Å²) in [7, 11) is -0.486. The molecule has 7 heteroatoms. The molecule has 0 radical (unpaired) electrons. The molecule has 2 aromatic carbocycles. The molecule has 0 unspecified atom stereocenters. The summed E-state index contributed by atoms with van der Waals surface area (Å²) in [5, 5.41) is 0. The quantitative estimate of drug-likeness (QED) is 0.651. The van der Waals surface area contributed by atoms with Crippen LogP contribution in [-0.2, 0) is 31.9 Å². The molecule has 32 heavy (non-hydrogen) atoms. The monoisotopic (exact) mass is 437 g/mol. The Morgan fingerprint density at radius 3 is 2.31 bits per heavy atom. The highest BCUT2D eigenvalue weighted by Crippen LogP contribution is 2.36. The Kier molecular flexibility index (Phi) is 6.61. The molecule has 6 nitrogen and oxygen atoms in total. The van der Waals surface area contributed by atoms with Crippen molar-refractivity contribution in [3.63, 3.8) is 0 Å². The lowest BCUT2D eigenvalue weighted by Crippen LogP contribution is -2.41. The first kappa shape index (κ1) is 22.8. The fourth-order valence-corrected chi connectivity index (χ4v) is 3.83. The molecule has 2 aromatic rings. The van der Waals surface area contributed by atoms with Gasteiger partial charge >= 0.3 is 7.12 Å². The molecule has 0 spiro atoms. The second-order valence-corrected chi connectivity index (χ2v) is 9.40. The van der Waals surface area contributed by atoms with Crippen molar-refractivity contribution >= 4 is 18.5 Å². The summed E-state index contributed by atoms with van der Waals surface area (Å²) in [5.74, 6) is 0.777. The zero-order chi connectivity index (χ0) is 22.8. The Morgan fingerprint density at radius 1 is 1.00 bits per heavy atom. The summed E-state index contributed by atoms with van der Waals surface area (Å²) in [6.45, 7) is 11.0. The Labute approximate surface area is 190 Å². The van der Waals surface area contributed by atoms with Gasteiger partial charge in [0.2, 0.25) is 5.91 Å². The predicted molar refractivity (Wildman–Crippen MR) is 124 cm³/mol. The first-order valence-electron chi connectivity index (χ1n) is 11.3. The van der Waals surface area contributed by atoms with E-state index < -0.39 is 18.3 Å². The van der Waals surface area contributed by atoms with Crippen molar-refractivity contribution in [1.82, 2.24) is 4.90 Å². The Bertz CT molecular complexity index is 925. The van der Waals surface area contributed by atoms with Crippen molar-refractivity contribution in [2.45, 2.75) is 51.9 Å². The molecule has 170 valence electrons. The molecule has 0 bridgehead atoms. The van der Waals surface area contributed by atoms with E-state index in [0.29, 0.717) is 38.7 Å². The van der Waals surface area contributed by atoms with Gasteiger partial charge in [0.1, 0.15) is 12.4 Å². The summed E-state index contributed by atoms with van der Waals surface area (Å²) in [4.78, 5) is 14.8. The summed E-state index contributed by atoms with van der Waals surface area (Å²) < 4.78 is 24.0. The van der Waals surface area contributed by atoms with Crippen molar-refractivity contribution < 1.29 is 23.6 Å². The second kappa shape index (κ2) is 9.26. The maximum atomic E-state index is 13.0. The molecule has 0 saturated carbocycles. The van der Waals surface area contributed by atoms with E-state index >= 15 is 0 Å². The van der Waals surface area contributed by atoms with Crippen LogP contribution in [0.4, 0.5) is 0 Å². The van der Waals surface area contributed by atoms with Crippen LogP contribution in [0.3, 0.4) is 0 Å². The zero-order valence-electron chi connectivity index (χ0n) is 19.4. The van der Waals surface area contributed by atoms with Crippen molar-refractivity contribution in [3.8, 4) is 5.75 Å². The molecule has 4 rings (SSSR count). The van der Waals surface area contributed by atoms with Crippen molar-refractivity contribution in [2.75, 3.05) is 26.3 Å². The van der Waals surface area contributed by atoms with Crippen LogP contribution >= 0.6 is 0 Å². The van der Waals surface area contributed by atoms with Crippen LogP contribution in [0.5, 0.6) is 5.75 Å². The van der Waals surface area contributed by atoms with Gasteiger partial charge in [-0.15, -0.1) is 0 Å². The van der Waals surface area contributed by atoms with Gasteiger partial charge in [-0.25, -0.2) is 0 Å². The standard InChI is InChI=1S/C25H32BNO5/c1-24(2)25(3,4)32-26(31-24)21-10-11-22(30-18-19-8-6-5-7-9-19)20(16-21)17-23(28)27-12-14-29-15-13-27/h5-11,16H,12-15,17-18H2,1-4H3. The molecular formula is C25H32BNO5. The topological polar surface area (TPSA) is 57.2 Å². The Hall–Kier alpha value is -2.35. The fraction of sp³-hybridized carbons (Fsp3) is 0.480. The van der Waals surface area contributed by atoms with E-state index in [1.165, 1.54) is 0 Å². The number of carbonyl (C=O) groups excluding carboxylic acids is 1. The molecule has 2 saturated heterocycles. The minimum atomic E-state index is -0.486. The minimum absolute atomic E-state index is 0.0731. The van der Waals surface area contributed by atoms with Crippen LogP contribution in [0, 0.1) is 0 Å². The van der Waals surface area contributed by atoms with Gasteiger partial charge in [-0.05, 0) is 44.8 Å². The van der Waals surface area contributed by atoms with Gasteiger partial charge in [0.25, 0.3) is 0 Å². The summed E-state index contributed by atoms with van der Waals surface area (Å²) in [5.41, 5.74) is 1.95. The summed E-state index contributed by atoms with van der Waals surface area (Å²) >= 11 is 0. The number of ether oxygens (including phenoxy) is 2. The van der Waals surface area contributed by atoms with Crippen molar-refractivity contribution in [3.05, 3.63) is 59.7 Å². The number of benzene rings is 2. The van der Waals surface area contributed by atoms with Gasteiger partial charge in [0.15, 0.2) is 0 Å². The zero-order valence-corrected chi connectivity index (χ0v) is 19.4. The third-order valence-corrected chi connectivity index (χ3v) is 6.55. The average molecular weight is 437 g/mol. The summed E-state index contributed by atoms with van der Waals surface area (Å²) in [6, 6.07) is 15.9. The van der Waals surface area contributed by atoms with Crippen molar-refractivity contribution in [1.29, 1.82) is 0 Å². The number of carbonyl (C=O) groups is 1. The average Bonchev–Trinajstić information content (AvgIpc) is 3.01. The molecule has 0 aliphatic carbocycles. The third kappa shape index (κ3) is 5.01. The van der Waals surface area contributed by atoms with Gasteiger partial charge in [0, 0.05) is 18.7 Å². The lowest BCUT2D eigenvalue weighted by atomic mass is 9.78. The van der Waals surface area contributed by atoms with E-state index in [9.17, 15) is 4.79 Å². The lowest BCUT2D eigenvalue weighted by Gasteiger charge is -2.32. The van der Waals surface area contributed by atoms with Gasteiger partial charge in [-0.3, -0.25) is 4.79 Å². The smallest absolute Gasteiger partial charge is 0.489 e.